The predicted octanol–water partition coefficient (Wildman–Crippen LogP) is 2.01. The van der Waals surface area contributed by atoms with Crippen molar-refractivity contribution < 1.29 is 9.59 Å². The van der Waals surface area contributed by atoms with Crippen LogP contribution in [0.4, 0.5) is 0 Å². The molecule has 1 aliphatic rings. The van der Waals surface area contributed by atoms with Crippen LogP contribution in [0.3, 0.4) is 0 Å². The summed E-state index contributed by atoms with van der Waals surface area (Å²) in [6.45, 7) is 5.91. The molecule has 1 saturated heterocycles. The molecule has 1 aliphatic heterocycles. The molecule has 2 amide bonds. The molecule has 0 atom stereocenters. The zero-order valence-corrected chi connectivity index (χ0v) is 15.3. The summed E-state index contributed by atoms with van der Waals surface area (Å²) >= 11 is 0. The Kier molecular flexibility index (Phi) is 7.67. The van der Waals surface area contributed by atoms with E-state index in [9.17, 15) is 9.59 Å². The maximum atomic E-state index is 12.3. The number of rotatable bonds is 7. The number of amides is 2. The van der Waals surface area contributed by atoms with Gasteiger partial charge in [-0.05, 0) is 38.1 Å². The molecule has 25 heavy (non-hydrogen) atoms. The second kappa shape index (κ2) is 9.99. The van der Waals surface area contributed by atoms with Gasteiger partial charge in [0.25, 0.3) is 0 Å². The van der Waals surface area contributed by atoms with Gasteiger partial charge in [0.2, 0.25) is 11.8 Å². The molecule has 0 saturated carbocycles. The number of nitrogens with zero attached hydrogens (tertiary/aromatic N) is 2. The number of likely N-dealkylation sites (N-methyl/N-ethyl adjacent to an activating group) is 1. The lowest BCUT2D eigenvalue weighted by Crippen LogP contribution is -2.43. The molecule has 5 nitrogen and oxygen atoms in total. The van der Waals surface area contributed by atoms with Gasteiger partial charge < -0.3 is 15.1 Å². The Morgan fingerprint density at radius 3 is 2.56 bits per heavy atom. The monoisotopic (exact) mass is 343 g/mol. The van der Waals surface area contributed by atoms with Gasteiger partial charge in [0, 0.05) is 38.2 Å². The van der Waals surface area contributed by atoms with E-state index in [1.54, 1.807) is 6.08 Å². The van der Waals surface area contributed by atoms with Crippen LogP contribution in [0.1, 0.15) is 25.3 Å². The van der Waals surface area contributed by atoms with Crippen molar-refractivity contribution in [1.29, 1.82) is 0 Å². The summed E-state index contributed by atoms with van der Waals surface area (Å²) < 4.78 is 0. The van der Waals surface area contributed by atoms with Crippen LogP contribution >= 0.6 is 0 Å². The Labute approximate surface area is 150 Å². The lowest BCUT2D eigenvalue weighted by molar-refractivity contribution is -0.132. The van der Waals surface area contributed by atoms with E-state index < -0.39 is 0 Å². The molecule has 0 aliphatic carbocycles. The molecule has 5 heteroatoms. The quantitative estimate of drug-likeness (QED) is 0.771. The first-order valence-corrected chi connectivity index (χ1v) is 9.08. The van der Waals surface area contributed by atoms with E-state index >= 15 is 0 Å². The van der Waals surface area contributed by atoms with E-state index in [-0.39, 0.29) is 17.7 Å². The summed E-state index contributed by atoms with van der Waals surface area (Å²) in [6, 6.07) is 9.79. The first kappa shape index (κ1) is 19.2. The number of hydrogen-bond donors (Lipinski definition) is 1. The molecule has 2 rings (SSSR count). The van der Waals surface area contributed by atoms with E-state index in [0.717, 1.165) is 31.5 Å². The fraction of sp³-hybridized carbons (Fsp3) is 0.500. The van der Waals surface area contributed by atoms with Gasteiger partial charge in [-0.3, -0.25) is 9.59 Å². The summed E-state index contributed by atoms with van der Waals surface area (Å²) in [7, 11) is 2.04. The third-order valence-electron chi connectivity index (χ3n) is 4.73. The van der Waals surface area contributed by atoms with Crippen molar-refractivity contribution >= 4 is 17.9 Å². The molecule has 1 aromatic carbocycles. The lowest BCUT2D eigenvalue weighted by Gasteiger charge is -2.30. The van der Waals surface area contributed by atoms with Gasteiger partial charge in [0.05, 0.1) is 0 Å². The minimum atomic E-state index is 0.0206. The first-order chi connectivity index (χ1) is 12.1. The summed E-state index contributed by atoms with van der Waals surface area (Å²) in [5.74, 6) is 0.165. The van der Waals surface area contributed by atoms with Gasteiger partial charge >= 0.3 is 0 Å². The summed E-state index contributed by atoms with van der Waals surface area (Å²) in [5.41, 5.74) is 1.02. The maximum absolute atomic E-state index is 12.3. The molecule has 0 spiro atoms. The van der Waals surface area contributed by atoms with Crippen molar-refractivity contribution in [2.75, 3.05) is 39.8 Å². The zero-order valence-electron chi connectivity index (χ0n) is 15.3. The van der Waals surface area contributed by atoms with Crippen molar-refractivity contribution in [2.24, 2.45) is 5.92 Å². The standard InChI is InChI=1S/C20H29N3O2/c1-3-22(2)16-13-21-20(25)18-11-14-23(15-12-18)19(24)10-9-17-7-5-4-6-8-17/h4-10,18H,3,11-16H2,1-2H3,(H,21,25)/b10-9+. The normalized spacial score (nSPS) is 15.7. The summed E-state index contributed by atoms with van der Waals surface area (Å²) in [5, 5.41) is 3.01. The smallest absolute Gasteiger partial charge is 0.246 e. The Balaban J connectivity index is 1.72. The average molecular weight is 343 g/mol. The number of nitrogens with one attached hydrogen (secondary N) is 1. The first-order valence-electron chi connectivity index (χ1n) is 9.08. The Hall–Kier alpha value is -2.14. The minimum absolute atomic E-state index is 0.0206. The Morgan fingerprint density at radius 1 is 1.24 bits per heavy atom. The third kappa shape index (κ3) is 6.35. The van der Waals surface area contributed by atoms with E-state index in [4.69, 9.17) is 0 Å². The topological polar surface area (TPSA) is 52.7 Å². The Morgan fingerprint density at radius 2 is 1.92 bits per heavy atom. The average Bonchev–Trinajstić information content (AvgIpc) is 2.66. The van der Waals surface area contributed by atoms with Crippen LogP contribution in [0, 0.1) is 5.92 Å². The predicted molar refractivity (Wildman–Crippen MR) is 101 cm³/mol. The van der Waals surface area contributed by atoms with Crippen LogP contribution in [0.25, 0.3) is 6.08 Å². The molecular weight excluding hydrogens is 314 g/mol. The third-order valence-corrected chi connectivity index (χ3v) is 4.73. The SMILES string of the molecule is CCN(C)CCNC(=O)C1CCN(C(=O)/C=C/c2ccccc2)CC1. The molecule has 1 heterocycles. The van der Waals surface area contributed by atoms with Crippen molar-refractivity contribution in [3.05, 3.63) is 42.0 Å². The minimum Gasteiger partial charge on any atom is -0.355 e. The Bertz CT molecular complexity index is 578. The highest BCUT2D eigenvalue weighted by atomic mass is 16.2. The molecular formula is C20H29N3O2. The second-order valence-electron chi connectivity index (χ2n) is 6.53. The van der Waals surface area contributed by atoms with Crippen LogP contribution in [0.2, 0.25) is 0 Å². The van der Waals surface area contributed by atoms with Crippen LogP contribution in [-0.4, -0.2) is 61.4 Å². The fourth-order valence-electron chi connectivity index (χ4n) is 2.87. The van der Waals surface area contributed by atoms with Crippen molar-refractivity contribution in [3.8, 4) is 0 Å². The summed E-state index contributed by atoms with van der Waals surface area (Å²) in [4.78, 5) is 28.5. The molecule has 1 N–H and O–H groups in total. The number of hydrogen-bond acceptors (Lipinski definition) is 3. The van der Waals surface area contributed by atoms with Gasteiger partial charge in [0.1, 0.15) is 0 Å². The number of piperidine rings is 1. The van der Waals surface area contributed by atoms with Gasteiger partial charge in [-0.15, -0.1) is 0 Å². The van der Waals surface area contributed by atoms with Crippen LogP contribution in [-0.2, 0) is 9.59 Å². The van der Waals surface area contributed by atoms with Gasteiger partial charge in [-0.2, -0.15) is 0 Å². The molecule has 0 radical (unpaired) electrons. The van der Waals surface area contributed by atoms with Crippen LogP contribution in [0.5, 0.6) is 0 Å². The van der Waals surface area contributed by atoms with Crippen LogP contribution < -0.4 is 5.32 Å². The molecule has 1 fully saturated rings. The van der Waals surface area contributed by atoms with Gasteiger partial charge in [0.15, 0.2) is 0 Å². The van der Waals surface area contributed by atoms with E-state index in [2.05, 4.69) is 17.1 Å². The zero-order chi connectivity index (χ0) is 18.1. The molecule has 136 valence electrons. The second-order valence-corrected chi connectivity index (χ2v) is 6.53. The van der Waals surface area contributed by atoms with E-state index in [1.165, 1.54) is 0 Å². The highest BCUT2D eigenvalue weighted by Crippen LogP contribution is 2.17. The van der Waals surface area contributed by atoms with E-state index in [0.29, 0.717) is 19.6 Å². The van der Waals surface area contributed by atoms with Gasteiger partial charge in [-0.1, -0.05) is 37.3 Å². The molecule has 0 unspecified atom stereocenters. The molecule has 0 aromatic heterocycles. The highest BCUT2D eigenvalue weighted by Gasteiger charge is 2.26. The summed E-state index contributed by atoms with van der Waals surface area (Å²) in [6.07, 6.45) is 4.93. The maximum Gasteiger partial charge on any atom is 0.246 e. The van der Waals surface area contributed by atoms with Crippen molar-refractivity contribution in [2.45, 2.75) is 19.8 Å². The molecule has 1 aromatic rings. The number of likely N-dealkylation sites (tertiary alicyclic amines) is 1. The van der Waals surface area contributed by atoms with Crippen molar-refractivity contribution in [3.63, 3.8) is 0 Å². The highest BCUT2D eigenvalue weighted by molar-refractivity contribution is 5.92. The number of carbonyl (C=O) groups excluding carboxylic acids is 2. The lowest BCUT2D eigenvalue weighted by atomic mass is 9.96. The number of carbonyl (C=O) groups is 2. The largest absolute Gasteiger partial charge is 0.355 e. The fourth-order valence-corrected chi connectivity index (χ4v) is 2.87. The van der Waals surface area contributed by atoms with Crippen molar-refractivity contribution in [1.82, 2.24) is 15.1 Å². The number of benzene rings is 1. The van der Waals surface area contributed by atoms with E-state index in [1.807, 2.05) is 48.4 Å². The van der Waals surface area contributed by atoms with Gasteiger partial charge in [-0.25, -0.2) is 0 Å². The van der Waals surface area contributed by atoms with Crippen LogP contribution in [0.15, 0.2) is 36.4 Å². The molecule has 0 bridgehead atoms.